The van der Waals surface area contributed by atoms with Crippen LogP contribution in [0.4, 0.5) is 18.9 Å². The number of para-hydroxylation sites is 1. The van der Waals surface area contributed by atoms with Gasteiger partial charge >= 0.3 is 6.18 Å². The summed E-state index contributed by atoms with van der Waals surface area (Å²) >= 11 is 0. The van der Waals surface area contributed by atoms with Crippen molar-refractivity contribution in [2.24, 2.45) is 0 Å². The Bertz CT molecular complexity index is 1100. The zero-order valence-corrected chi connectivity index (χ0v) is 13.6. The molecule has 3 aromatic heterocycles. The molecule has 0 bridgehead atoms. The van der Waals surface area contributed by atoms with Crippen LogP contribution in [0.25, 0.3) is 17.0 Å². The molecule has 6 nitrogen and oxygen atoms in total. The quantitative estimate of drug-likeness (QED) is 0.583. The Morgan fingerprint density at radius 1 is 1.15 bits per heavy atom. The largest absolute Gasteiger partial charge is 0.443 e. The van der Waals surface area contributed by atoms with Gasteiger partial charge in [0.2, 0.25) is 0 Å². The van der Waals surface area contributed by atoms with E-state index in [1.807, 2.05) is 0 Å². The van der Waals surface area contributed by atoms with Crippen LogP contribution in [0.5, 0.6) is 0 Å². The van der Waals surface area contributed by atoms with Crippen LogP contribution in [0.3, 0.4) is 0 Å². The number of oxazole rings is 1. The third kappa shape index (κ3) is 3.14. The number of hydrogen-bond acceptors (Lipinski definition) is 4. The second-order valence-corrected chi connectivity index (χ2v) is 5.66. The van der Waals surface area contributed by atoms with Crippen LogP contribution in [0.2, 0.25) is 0 Å². The van der Waals surface area contributed by atoms with Crippen LogP contribution in [0.1, 0.15) is 16.1 Å². The molecule has 0 saturated carbocycles. The van der Waals surface area contributed by atoms with Crippen molar-refractivity contribution >= 4 is 17.2 Å². The third-order valence-corrected chi connectivity index (χ3v) is 3.90. The SMILES string of the molecule is O=C(Nc1ccccc1)c1cnc2c(-c3cnco3)cc(C(F)(F)F)cn12. The highest BCUT2D eigenvalue weighted by atomic mass is 19.4. The van der Waals surface area contributed by atoms with Crippen molar-refractivity contribution in [3.8, 4) is 11.3 Å². The Hall–Kier alpha value is -3.62. The number of amides is 1. The maximum absolute atomic E-state index is 13.3. The normalized spacial score (nSPS) is 11.7. The molecule has 3 heterocycles. The van der Waals surface area contributed by atoms with E-state index >= 15 is 0 Å². The number of imidazole rings is 1. The predicted octanol–water partition coefficient (Wildman–Crippen LogP) is 4.26. The summed E-state index contributed by atoms with van der Waals surface area (Å²) in [6.45, 7) is 0. The van der Waals surface area contributed by atoms with Gasteiger partial charge in [0, 0.05) is 11.9 Å². The molecule has 1 N–H and O–H groups in total. The van der Waals surface area contributed by atoms with E-state index in [0.29, 0.717) is 5.69 Å². The van der Waals surface area contributed by atoms with Crippen molar-refractivity contribution in [3.63, 3.8) is 0 Å². The number of carbonyl (C=O) groups excluding carboxylic acids is 1. The van der Waals surface area contributed by atoms with Crippen LogP contribution >= 0.6 is 0 Å². The topological polar surface area (TPSA) is 72.4 Å². The highest BCUT2D eigenvalue weighted by Crippen LogP contribution is 2.34. The number of benzene rings is 1. The summed E-state index contributed by atoms with van der Waals surface area (Å²) in [6.07, 6.45) is -0.165. The van der Waals surface area contributed by atoms with Gasteiger partial charge in [-0.1, -0.05) is 18.2 Å². The summed E-state index contributed by atoms with van der Waals surface area (Å²) in [5, 5.41) is 2.63. The Kier molecular flexibility index (Phi) is 3.91. The number of pyridine rings is 1. The number of anilines is 1. The Balaban J connectivity index is 1.86. The van der Waals surface area contributed by atoms with Crippen LogP contribution in [-0.4, -0.2) is 20.3 Å². The molecule has 1 amide bonds. The lowest BCUT2D eigenvalue weighted by Crippen LogP contribution is -2.15. The van der Waals surface area contributed by atoms with Crippen LogP contribution in [0.15, 0.2) is 65.8 Å². The molecule has 0 fully saturated rings. The van der Waals surface area contributed by atoms with Gasteiger partial charge in [-0.25, -0.2) is 9.97 Å². The number of fused-ring (bicyclic) bond motifs is 1. The Morgan fingerprint density at radius 2 is 1.93 bits per heavy atom. The first-order valence-electron chi connectivity index (χ1n) is 7.77. The first-order valence-corrected chi connectivity index (χ1v) is 7.77. The number of nitrogens with one attached hydrogen (secondary N) is 1. The van der Waals surface area contributed by atoms with E-state index < -0.39 is 17.6 Å². The second kappa shape index (κ2) is 6.27. The average molecular weight is 372 g/mol. The number of hydrogen-bond donors (Lipinski definition) is 1. The van der Waals surface area contributed by atoms with Crippen molar-refractivity contribution in [1.29, 1.82) is 0 Å². The van der Waals surface area contributed by atoms with Crippen molar-refractivity contribution in [1.82, 2.24) is 14.4 Å². The molecule has 9 heteroatoms. The lowest BCUT2D eigenvalue weighted by Gasteiger charge is -2.11. The van der Waals surface area contributed by atoms with Gasteiger partial charge in [0.05, 0.1) is 23.5 Å². The molecule has 4 aromatic rings. The molecule has 4 rings (SSSR count). The van der Waals surface area contributed by atoms with Gasteiger partial charge in [0.25, 0.3) is 5.91 Å². The molecule has 0 aliphatic rings. The molecular weight excluding hydrogens is 361 g/mol. The molecule has 0 atom stereocenters. The van der Waals surface area contributed by atoms with E-state index in [1.165, 1.54) is 12.4 Å². The standard InChI is InChI=1S/C18H11F3N4O2/c19-18(20,21)11-6-13(15-8-22-10-27-15)16-23-7-14(25(16)9-11)17(26)24-12-4-2-1-3-5-12/h1-10H,(H,24,26). The maximum Gasteiger partial charge on any atom is 0.417 e. The maximum atomic E-state index is 13.3. The molecule has 0 aliphatic carbocycles. The fourth-order valence-electron chi connectivity index (χ4n) is 2.66. The highest BCUT2D eigenvalue weighted by Gasteiger charge is 2.33. The van der Waals surface area contributed by atoms with Gasteiger partial charge in [0.15, 0.2) is 12.2 Å². The Labute approximate surface area is 150 Å². The number of carbonyl (C=O) groups is 1. The number of aromatic nitrogens is 3. The van der Waals surface area contributed by atoms with Crippen molar-refractivity contribution in [2.45, 2.75) is 6.18 Å². The lowest BCUT2D eigenvalue weighted by atomic mass is 10.1. The van der Waals surface area contributed by atoms with Crippen molar-refractivity contribution < 1.29 is 22.4 Å². The fraction of sp³-hybridized carbons (Fsp3) is 0.0556. The zero-order chi connectivity index (χ0) is 19.0. The highest BCUT2D eigenvalue weighted by molar-refractivity contribution is 6.03. The van der Waals surface area contributed by atoms with Gasteiger partial charge in [-0.15, -0.1) is 0 Å². The number of rotatable bonds is 3. The third-order valence-electron chi connectivity index (χ3n) is 3.90. The van der Waals surface area contributed by atoms with Crippen molar-refractivity contribution in [3.05, 3.63) is 72.6 Å². The minimum Gasteiger partial charge on any atom is -0.443 e. The molecule has 0 radical (unpaired) electrons. The number of alkyl halides is 3. The zero-order valence-electron chi connectivity index (χ0n) is 13.6. The van der Waals surface area contributed by atoms with Crippen LogP contribution < -0.4 is 5.32 Å². The van der Waals surface area contributed by atoms with Gasteiger partial charge in [-0.2, -0.15) is 13.2 Å². The van der Waals surface area contributed by atoms with E-state index in [1.54, 1.807) is 30.3 Å². The van der Waals surface area contributed by atoms with Gasteiger partial charge in [0.1, 0.15) is 11.3 Å². The molecule has 0 spiro atoms. The summed E-state index contributed by atoms with van der Waals surface area (Å²) in [5.74, 6) is -0.469. The van der Waals surface area contributed by atoms with E-state index in [2.05, 4.69) is 15.3 Å². The molecule has 136 valence electrons. The smallest absolute Gasteiger partial charge is 0.417 e. The monoisotopic (exact) mass is 372 g/mol. The van der Waals surface area contributed by atoms with E-state index in [0.717, 1.165) is 23.1 Å². The van der Waals surface area contributed by atoms with Crippen LogP contribution in [-0.2, 0) is 6.18 Å². The summed E-state index contributed by atoms with van der Waals surface area (Å²) in [4.78, 5) is 20.4. The lowest BCUT2D eigenvalue weighted by molar-refractivity contribution is -0.137. The predicted molar refractivity (Wildman–Crippen MR) is 90.1 cm³/mol. The minimum atomic E-state index is -4.61. The first-order chi connectivity index (χ1) is 12.9. The van der Waals surface area contributed by atoms with Crippen molar-refractivity contribution in [2.75, 3.05) is 5.32 Å². The minimum absolute atomic E-state index is 0.0410. The van der Waals surface area contributed by atoms with E-state index in [9.17, 15) is 18.0 Å². The van der Waals surface area contributed by atoms with E-state index in [-0.39, 0.29) is 22.7 Å². The molecule has 0 aliphatic heterocycles. The second-order valence-electron chi connectivity index (χ2n) is 5.66. The molecule has 0 unspecified atom stereocenters. The first kappa shape index (κ1) is 16.8. The number of halogens is 3. The summed E-state index contributed by atoms with van der Waals surface area (Å²) in [7, 11) is 0. The average Bonchev–Trinajstić information content (AvgIpc) is 3.31. The summed E-state index contributed by atoms with van der Waals surface area (Å²) in [6, 6.07) is 9.50. The molecule has 1 aromatic carbocycles. The number of nitrogens with zero attached hydrogens (tertiary/aromatic N) is 3. The van der Waals surface area contributed by atoms with Gasteiger partial charge in [-0.3, -0.25) is 9.20 Å². The van der Waals surface area contributed by atoms with Gasteiger partial charge in [-0.05, 0) is 18.2 Å². The summed E-state index contributed by atoms with van der Waals surface area (Å²) in [5.41, 5.74) is -0.229. The van der Waals surface area contributed by atoms with Crippen LogP contribution in [0, 0.1) is 0 Å². The van der Waals surface area contributed by atoms with Gasteiger partial charge < -0.3 is 9.73 Å². The van der Waals surface area contributed by atoms with E-state index in [4.69, 9.17) is 4.42 Å². The summed E-state index contributed by atoms with van der Waals surface area (Å²) < 4.78 is 46.3. The molecule has 27 heavy (non-hydrogen) atoms. The Morgan fingerprint density at radius 3 is 2.59 bits per heavy atom. The molecular formula is C18H11F3N4O2. The fourth-order valence-corrected chi connectivity index (χ4v) is 2.66. The molecule has 0 saturated heterocycles.